The summed E-state index contributed by atoms with van der Waals surface area (Å²) in [5, 5.41) is 11.1. The number of aliphatic hydroxyl groups excluding tert-OH is 1. The van der Waals surface area contributed by atoms with Crippen LogP contribution in [0, 0.1) is 5.92 Å². The molecule has 0 saturated heterocycles. The first-order valence-corrected chi connectivity index (χ1v) is 4.26. The van der Waals surface area contributed by atoms with Gasteiger partial charge in [-0.05, 0) is 18.8 Å². The Morgan fingerprint density at radius 2 is 2.33 bits per heavy atom. The minimum absolute atomic E-state index is 0.0775. The maximum absolute atomic E-state index is 10.9. The summed E-state index contributed by atoms with van der Waals surface area (Å²) in [6, 6.07) is 0.284. The first-order valence-electron chi connectivity index (χ1n) is 4.26. The fourth-order valence-corrected chi connectivity index (χ4v) is 1.37. The van der Waals surface area contributed by atoms with Crippen molar-refractivity contribution < 1.29 is 14.6 Å². The molecule has 12 heavy (non-hydrogen) atoms. The number of amides is 1. The molecule has 1 amide bonds. The lowest BCUT2D eigenvalue weighted by atomic mass is 9.82. The van der Waals surface area contributed by atoms with Crippen LogP contribution >= 0.6 is 0 Å². The molecule has 0 aromatic heterocycles. The van der Waals surface area contributed by atoms with Crippen LogP contribution in [-0.2, 0) is 4.74 Å². The number of alkyl carbamates (subject to hydrolysis) is 1. The van der Waals surface area contributed by atoms with E-state index < -0.39 is 6.09 Å². The van der Waals surface area contributed by atoms with Gasteiger partial charge in [0.1, 0.15) is 6.61 Å². The van der Waals surface area contributed by atoms with Gasteiger partial charge in [-0.3, -0.25) is 0 Å². The van der Waals surface area contributed by atoms with Crippen molar-refractivity contribution in [3.8, 4) is 0 Å². The number of rotatable bonds is 3. The predicted molar refractivity (Wildman–Crippen MR) is 43.8 cm³/mol. The van der Waals surface area contributed by atoms with Crippen LogP contribution in [-0.4, -0.2) is 30.5 Å². The van der Waals surface area contributed by atoms with E-state index in [0.717, 1.165) is 12.8 Å². The van der Waals surface area contributed by atoms with Gasteiger partial charge in [-0.15, -0.1) is 0 Å². The van der Waals surface area contributed by atoms with Crippen LogP contribution in [0.15, 0.2) is 0 Å². The number of carbonyl (C=O) groups is 1. The Morgan fingerprint density at radius 1 is 1.67 bits per heavy atom. The molecule has 0 spiro atoms. The summed E-state index contributed by atoms with van der Waals surface area (Å²) in [5.74, 6) is 0.716. The molecule has 2 N–H and O–H groups in total. The first kappa shape index (κ1) is 9.32. The Morgan fingerprint density at radius 3 is 2.83 bits per heavy atom. The van der Waals surface area contributed by atoms with Crippen molar-refractivity contribution >= 4 is 6.09 Å². The molecular formula is C8H15NO3. The SMILES string of the molecule is CC1CC(NC(=O)OCCO)C1. The molecule has 1 fully saturated rings. The van der Waals surface area contributed by atoms with Gasteiger partial charge in [0, 0.05) is 6.04 Å². The molecule has 1 aliphatic carbocycles. The summed E-state index contributed by atoms with van der Waals surface area (Å²) in [4.78, 5) is 10.9. The zero-order valence-corrected chi connectivity index (χ0v) is 7.25. The van der Waals surface area contributed by atoms with Crippen LogP contribution in [0.25, 0.3) is 0 Å². The predicted octanol–water partition coefficient (Wildman–Crippen LogP) is 0.503. The van der Waals surface area contributed by atoms with Crippen LogP contribution in [0.2, 0.25) is 0 Å². The zero-order chi connectivity index (χ0) is 8.97. The summed E-state index contributed by atoms with van der Waals surface area (Å²) >= 11 is 0. The van der Waals surface area contributed by atoms with E-state index in [2.05, 4.69) is 17.0 Å². The molecule has 0 aromatic carbocycles. The Balaban J connectivity index is 2.03. The van der Waals surface area contributed by atoms with Gasteiger partial charge in [0.15, 0.2) is 0 Å². The molecule has 4 heteroatoms. The summed E-state index contributed by atoms with van der Waals surface area (Å²) in [5.41, 5.74) is 0. The topological polar surface area (TPSA) is 58.6 Å². The zero-order valence-electron chi connectivity index (χ0n) is 7.25. The van der Waals surface area contributed by atoms with Crippen molar-refractivity contribution in [2.45, 2.75) is 25.8 Å². The Labute approximate surface area is 71.9 Å². The maximum atomic E-state index is 10.9. The van der Waals surface area contributed by atoms with Crippen LogP contribution in [0.4, 0.5) is 4.79 Å². The highest BCUT2D eigenvalue weighted by molar-refractivity contribution is 5.67. The largest absolute Gasteiger partial charge is 0.447 e. The summed E-state index contributed by atoms with van der Waals surface area (Å²) in [6.07, 6.45) is 1.66. The van der Waals surface area contributed by atoms with Crippen molar-refractivity contribution in [2.75, 3.05) is 13.2 Å². The van der Waals surface area contributed by atoms with Crippen LogP contribution < -0.4 is 5.32 Å². The highest BCUT2D eigenvalue weighted by Gasteiger charge is 2.26. The summed E-state index contributed by atoms with van der Waals surface area (Å²) in [7, 11) is 0. The number of hydrogen-bond donors (Lipinski definition) is 2. The van der Waals surface area contributed by atoms with Crippen LogP contribution in [0.5, 0.6) is 0 Å². The molecule has 70 valence electrons. The number of carbonyl (C=O) groups excluding carboxylic acids is 1. The minimum Gasteiger partial charge on any atom is -0.447 e. The summed E-state index contributed by atoms with van der Waals surface area (Å²) in [6.45, 7) is 2.11. The molecule has 0 radical (unpaired) electrons. The molecule has 0 aromatic rings. The Kier molecular flexibility index (Phi) is 3.34. The number of hydrogen-bond acceptors (Lipinski definition) is 3. The third kappa shape index (κ3) is 2.70. The fraction of sp³-hybridized carbons (Fsp3) is 0.875. The first-order chi connectivity index (χ1) is 5.72. The number of aliphatic hydroxyl groups is 1. The molecule has 4 nitrogen and oxygen atoms in total. The molecule has 1 rings (SSSR count). The highest BCUT2D eigenvalue weighted by atomic mass is 16.6. The smallest absolute Gasteiger partial charge is 0.407 e. The van der Waals surface area contributed by atoms with Crippen LogP contribution in [0.1, 0.15) is 19.8 Å². The Bertz CT molecular complexity index is 154. The second-order valence-electron chi connectivity index (χ2n) is 3.28. The lowest BCUT2D eigenvalue weighted by molar-refractivity contribution is 0.108. The van der Waals surface area contributed by atoms with E-state index in [-0.39, 0.29) is 19.3 Å². The molecule has 0 heterocycles. The average Bonchev–Trinajstić information content (AvgIpc) is 1.98. The van der Waals surface area contributed by atoms with E-state index in [0.29, 0.717) is 5.92 Å². The molecule has 0 atom stereocenters. The second-order valence-corrected chi connectivity index (χ2v) is 3.28. The number of nitrogens with one attached hydrogen (secondary N) is 1. The van der Waals surface area contributed by atoms with Crippen molar-refractivity contribution in [3.05, 3.63) is 0 Å². The monoisotopic (exact) mass is 173 g/mol. The third-order valence-corrected chi connectivity index (χ3v) is 2.02. The van der Waals surface area contributed by atoms with Crippen molar-refractivity contribution in [2.24, 2.45) is 5.92 Å². The third-order valence-electron chi connectivity index (χ3n) is 2.02. The molecule has 1 saturated carbocycles. The van der Waals surface area contributed by atoms with E-state index >= 15 is 0 Å². The van der Waals surface area contributed by atoms with Gasteiger partial charge >= 0.3 is 6.09 Å². The lowest BCUT2D eigenvalue weighted by Crippen LogP contribution is -2.43. The molecule has 0 aliphatic heterocycles. The van der Waals surface area contributed by atoms with Gasteiger partial charge < -0.3 is 15.2 Å². The molecule has 1 aliphatic rings. The van der Waals surface area contributed by atoms with Gasteiger partial charge in [0.25, 0.3) is 0 Å². The van der Waals surface area contributed by atoms with Crippen LogP contribution in [0.3, 0.4) is 0 Å². The molecule has 0 unspecified atom stereocenters. The van der Waals surface area contributed by atoms with Gasteiger partial charge in [-0.2, -0.15) is 0 Å². The summed E-state index contributed by atoms with van der Waals surface area (Å²) < 4.78 is 4.63. The van der Waals surface area contributed by atoms with Gasteiger partial charge in [-0.1, -0.05) is 6.92 Å². The van der Waals surface area contributed by atoms with Crippen molar-refractivity contribution in [3.63, 3.8) is 0 Å². The van der Waals surface area contributed by atoms with E-state index in [4.69, 9.17) is 5.11 Å². The number of ether oxygens (including phenoxy) is 1. The van der Waals surface area contributed by atoms with Gasteiger partial charge in [0.05, 0.1) is 6.61 Å². The van der Waals surface area contributed by atoms with E-state index in [1.165, 1.54) is 0 Å². The van der Waals surface area contributed by atoms with E-state index in [1.54, 1.807) is 0 Å². The van der Waals surface area contributed by atoms with Crippen molar-refractivity contribution in [1.29, 1.82) is 0 Å². The fourth-order valence-electron chi connectivity index (χ4n) is 1.37. The van der Waals surface area contributed by atoms with E-state index in [9.17, 15) is 4.79 Å². The lowest BCUT2D eigenvalue weighted by Gasteiger charge is -2.32. The Hall–Kier alpha value is -0.770. The minimum atomic E-state index is -0.416. The van der Waals surface area contributed by atoms with Gasteiger partial charge in [0.2, 0.25) is 0 Å². The molecular weight excluding hydrogens is 158 g/mol. The molecule has 0 bridgehead atoms. The van der Waals surface area contributed by atoms with Gasteiger partial charge in [-0.25, -0.2) is 4.79 Å². The quantitative estimate of drug-likeness (QED) is 0.653. The normalized spacial score (nSPS) is 27.5. The van der Waals surface area contributed by atoms with E-state index in [1.807, 2.05) is 0 Å². The second kappa shape index (κ2) is 4.30. The van der Waals surface area contributed by atoms with Crippen molar-refractivity contribution in [1.82, 2.24) is 5.32 Å². The maximum Gasteiger partial charge on any atom is 0.407 e. The highest BCUT2D eigenvalue weighted by Crippen LogP contribution is 2.26. The average molecular weight is 173 g/mol. The standard InChI is InChI=1S/C8H15NO3/c1-6-4-7(5-6)9-8(11)12-3-2-10/h6-7,10H,2-5H2,1H3,(H,9,11).